The maximum Gasteiger partial charge on any atom is 0.328 e. The molecule has 0 aromatic heterocycles. The Morgan fingerprint density at radius 3 is 2.24 bits per heavy atom. The topological polar surface area (TPSA) is 174 Å². The number of amides is 2. The van der Waals surface area contributed by atoms with Crippen LogP contribution in [0.3, 0.4) is 0 Å². The van der Waals surface area contributed by atoms with E-state index >= 15 is 0 Å². The summed E-state index contributed by atoms with van der Waals surface area (Å²) in [6.45, 7) is 0.596. The number of para-hydroxylation sites is 1. The minimum atomic E-state index is -1.21. The van der Waals surface area contributed by atoms with Crippen molar-refractivity contribution in [3.8, 4) is 11.5 Å². The lowest BCUT2D eigenvalue weighted by Crippen LogP contribution is -2.32. The van der Waals surface area contributed by atoms with Crippen LogP contribution in [0.2, 0.25) is 0 Å². The summed E-state index contributed by atoms with van der Waals surface area (Å²) < 4.78 is 5.75. The molecule has 0 spiro atoms. The van der Waals surface area contributed by atoms with Gasteiger partial charge >= 0.3 is 5.97 Å². The first-order valence-corrected chi connectivity index (χ1v) is 10.4. The van der Waals surface area contributed by atoms with Gasteiger partial charge in [0.05, 0.1) is 11.7 Å². The second-order valence-electron chi connectivity index (χ2n) is 7.51. The fourth-order valence-electron chi connectivity index (χ4n) is 3.43. The zero-order valence-electron chi connectivity index (χ0n) is 18.3. The molecule has 1 atom stereocenters. The fourth-order valence-corrected chi connectivity index (χ4v) is 3.43. The number of ether oxygens (including phenoxy) is 1. The highest BCUT2D eigenvalue weighted by Crippen LogP contribution is 2.24. The first kappa shape index (κ1) is 24.1. The number of benzene rings is 2. The number of nitrogens with two attached hydrogens (primary N) is 3. The van der Waals surface area contributed by atoms with E-state index in [-0.39, 0.29) is 29.7 Å². The average Bonchev–Trinajstić information content (AvgIpc) is 3.27. The lowest BCUT2D eigenvalue weighted by Gasteiger charge is -2.14. The number of carboxylic acids is 1. The largest absolute Gasteiger partial charge is 0.478 e. The number of carboxylic acid groups (broad SMARTS) is 1. The maximum atomic E-state index is 12.1. The minimum absolute atomic E-state index is 0.0651. The lowest BCUT2D eigenvalue weighted by atomic mass is 10.0. The Labute approximate surface area is 196 Å². The van der Waals surface area contributed by atoms with Crippen molar-refractivity contribution >= 4 is 29.3 Å². The normalized spacial score (nSPS) is 16.9. The predicted octanol–water partition coefficient (Wildman–Crippen LogP) is 1.23. The van der Waals surface area contributed by atoms with Gasteiger partial charge in [0.1, 0.15) is 22.9 Å². The first-order valence-electron chi connectivity index (χ1n) is 10.4. The van der Waals surface area contributed by atoms with Gasteiger partial charge < -0.3 is 31.9 Å². The van der Waals surface area contributed by atoms with Crippen LogP contribution in [0.15, 0.2) is 77.3 Å². The zero-order chi connectivity index (χ0) is 24.7. The number of likely N-dealkylation sites (tertiary alicyclic amines) is 1. The van der Waals surface area contributed by atoms with Crippen molar-refractivity contribution in [1.82, 2.24) is 4.90 Å². The van der Waals surface area contributed by atoms with Crippen LogP contribution in [-0.2, 0) is 14.4 Å². The maximum absolute atomic E-state index is 12.1. The average molecular weight is 463 g/mol. The molecule has 34 heavy (non-hydrogen) atoms. The van der Waals surface area contributed by atoms with Gasteiger partial charge in [0.15, 0.2) is 0 Å². The lowest BCUT2D eigenvalue weighted by molar-refractivity contribution is -0.132. The van der Waals surface area contributed by atoms with E-state index in [1.165, 1.54) is 4.90 Å². The molecule has 1 aliphatic heterocycles. The highest BCUT2D eigenvalue weighted by atomic mass is 16.5. The summed E-state index contributed by atoms with van der Waals surface area (Å²) in [5, 5.41) is 8.65. The Hall–Kier alpha value is -4.60. The molecule has 2 amide bonds. The van der Waals surface area contributed by atoms with E-state index < -0.39 is 17.8 Å². The molecule has 0 aliphatic carbocycles. The summed E-state index contributed by atoms with van der Waals surface area (Å²) in [7, 11) is 0. The third-order valence-corrected chi connectivity index (χ3v) is 5.08. The molecule has 0 radical (unpaired) electrons. The molecule has 3 rings (SSSR count). The molecule has 1 heterocycles. The summed E-state index contributed by atoms with van der Waals surface area (Å²) in [4.78, 5) is 40.5. The highest BCUT2D eigenvalue weighted by molar-refractivity contribution is 6.24. The van der Waals surface area contributed by atoms with Crippen molar-refractivity contribution in [2.24, 2.45) is 22.2 Å². The monoisotopic (exact) mass is 463 g/mol. The number of hydrogen-bond acceptors (Lipinski definition) is 6. The Bertz CT molecular complexity index is 1160. The van der Waals surface area contributed by atoms with Gasteiger partial charge in [-0.1, -0.05) is 18.2 Å². The van der Waals surface area contributed by atoms with E-state index in [1.807, 2.05) is 30.3 Å². The van der Waals surface area contributed by atoms with Gasteiger partial charge in [0, 0.05) is 25.2 Å². The molecular weight excluding hydrogens is 438 g/mol. The van der Waals surface area contributed by atoms with Gasteiger partial charge in [0.2, 0.25) is 5.91 Å². The van der Waals surface area contributed by atoms with Crippen LogP contribution in [0.25, 0.3) is 5.70 Å². The van der Waals surface area contributed by atoms with E-state index in [0.29, 0.717) is 30.0 Å². The quantitative estimate of drug-likeness (QED) is 0.259. The summed E-state index contributed by atoms with van der Waals surface area (Å²) in [5.74, 6) is -1.36. The number of nitrogens with zero attached hydrogens (tertiary/aromatic N) is 2. The number of aliphatic imine (C=N–C) groups is 1. The van der Waals surface area contributed by atoms with Gasteiger partial charge in [-0.2, -0.15) is 0 Å². The van der Waals surface area contributed by atoms with Crippen molar-refractivity contribution in [1.29, 1.82) is 0 Å². The van der Waals surface area contributed by atoms with Crippen LogP contribution in [0.1, 0.15) is 12.0 Å². The van der Waals surface area contributed by atoms with Crippen LogP contribution in [-0.4, -0.2) is 52.8 Å². The number of rotatable bonds is 8. The second kappa shape index (κ2) is 10.8. The van der Waals surface area contributed by atoms with Crippen LogP contribution < -0.4 is 21.9 Å². The Morgan fingerprint density at radius 2 is 1.62 bits per heavy atom. The number of amidine groups is 1. The van der Waals surface area contributed by atoms with Crippen molar-refractivity contribution in [2.45, 2.75) is 12.5 Å². The Morgan fingerprint density at radius 1 is 0.971 bits per heavy atom. The molecule has 176 valence electrons. The fraction of sp³-hybridized carbons (Fsp3) is 0.167. The third-order valence-electron chi connectivity index (χ3n) is 5.08. The number of aliphatic carboxylic acids is 1. The van der Waals surface area contributed by atoms with E-state index in [0.717, 1.165) is 12.2 Å². The molecule has 2 aromatic carbocycles. The summed E-state index contributed by atoms with van der Waals surface area (Å²) in [6, 6.07) is 15.6. The van der Waals surface area contributed by atoms with E-state index in [2.05, 4.69) is 4.99 Å². The van der Waals surface area contributed by atoms with E-state index in [1.54, 1.807) is 24.3 Å². The van der Waals surface area contributed by atoms with Crippen LogP contribution in [0.4, 0.5) is 0 Å². The van der Waals surface area contributed by atoms with Gasteiger partial charge in [-0.25, -0.2) is 4.79 Å². The van der Waals surface area contributed by atoms with Crippen molar-refractivity contribution in [2.75, 3.05) is 13.1 Å². The van der Waals surface area contributed by atoms with E-state index in [9.17, 15) is 14.4 Å². The molecule has 10 heteroatoms. The first-order chi connectivity index (χ1) is 16.2. The van der Waals surface area contributed by atoms with Crippen LogP contribution in [0.5, 0.6) is 11.5 Å². The Kier molecular flexibility index (Phi) is 7.65. The second-order valence-corrected chi connectivity index (χ2v) is 7.51. The smallest absolute Gasteiger partial charge is 0.328 e. The molecular formula is C24H25N5O5. The molecule has 10 nitrogen and oxygen atoms in total. The SMILES string of the molecule is NC(=O)C(C(N)=NC1CCN(C(=O)/C=C\C(=O)O)C1)=C(N)c1ccc(Oc2ccccc2)cc1. The minimum Gasteiger partial charge on any atom is -0.478 e. The van der Waals surface area contributed by atoms with Gasteiger partial charge in [-0.05, 0) is 48.4 Å². The van der Waals surface area contributed by atoms with Gasteiger partial charge in [-0.3, -0.25) is 14.6 Å². The standard InChI is InChI=1S/C24H25N5O5/c25-22(15-6-8-18(9-7-15)34-17-4-2-1-3-5-17)21(24(27)33)23(26)28-16-12-13-29(14-16)19(30)10-11-20(31)32/h1-11,16H,12-14,25H2,(H2,26,28)(H2,27,33)(H,31,32)/b11-10-,22-21?. The van der Waals surface area contributed by atoms with Crippen molar-refractivity contribution < 1.29 is 24.2 Å². The van der Waals surface area contributed by atoms with Gasteiger partial charge in [-0.15, -0.1) is 0 Å². The molecule has 1 fully saturated rings. The summed E-state index contributed by atoms with van der Waals surface area (Å²) >= 11 is 0. The summed E-state index contributed by atoms with van der Waals surface area (Å²) in [5.41, 5.74) is 18.3. The number of hydrogen-bond donors (Lipinski definition) is 4. The molecule has 0 saturated carbocycles. The van der Waals surface area contributed by atoms with E-state index in [4.69, 9.17) is 27.0 Å². The van der Waals surface area contributed by atoms with Gasteiger partial charge in [0.25, 0.3) is 5.91 Å². The third kappa shape index (κ3) is 6.22. The molecule has 0 bridgehead atoms. The van der Waals surface area contributed by atoms with Crippen LogP contribution in [0, 0.1) is 0 Å². The number of carbonyl (C=O) groups is 3. The highest BCUT2D eigenvalue weighted by Gasteiger charge is 2.26. The molecule has 1 saturated heterocycles. The molecule has 2 aromatic rings. The Balaban J connectivity index is 1.75. The number of primary amides is 1. The predicted molar refractivity (Wildman–Crippen MR) is 127 cm³/mol. The molecule has 7 N–H and O–H groups in total. The van der Waals surface area contributed by atoms with Crippen molar-refractivity contribution in [3.63, 3.8) is 0 Å². The summed E-state index contributed by atoms with van der Waals surface area (Å²) in [6.07, 6.45) is 2.25. The molecule has 1 unspecified atom stereocenters. The number of carbonyl (C=O) groups excluding carboxylic acids is 2. The molecule has 1 aliphatic rings. The van der Waals surface area contributed by atoms with Crippen molar-refractivity contribution in [3.05, 3.63) is 77.9 Å². The zero-order valence-corrected chi connectivity index (χ0v) is 18.3. The van der Waals surface area contributed by atoms with Crippen LogP contribution >= 0.6 is 0 Å².